The Bertz CT molecular complexity index is 1370. The van der Waals surface area contributed by atoms with E-state index in [4.69, 9.17) is 16.7 Å². The van der Waals surface area contributed by atoms with Crippen molar-refractivity contribution >= 4 is 40.0 Å². The molecule has 1 fully saturated rings. The molecule has 33 heavy (non-hydrogen) atoms. The van der Waals surface area contributed by atoms with Crippen molar-refractivity contribution in [2.24, 2.45) is 0 Å². The lowest BCUT2D eigenvalue weighted by Crippen LogP contribution is -2.25. The summed E-state index contributed by atoms with van der Waals surface area (Å²) in [4.78, 5) is 21.4. The van der Waals surface area contributed by atoms with Crippen LogP contribution in [0.5, 0.6) is 0 Å². The number of nitrogens with one attached hydrogen (secondary N) is 2. The van der Waals surface area contributed by atoms with Gasteiger partial charge in [-0.15, -0.1) is 0 Å². The van der Waals surface area contributed by atoms with Crippen LogP contribution >= 0.6 is 11.6 Å². The standard InChI is InChI=1S/C23H21ClFN5O3/c24-17-7-12(1-5-16(17)23(33)28-14-3-4-14)20-10-27-22-21(26-9-15(32)11-31)29-18-6-2-13(25)8-19(18)30(20)22/h1-2,5-8,10,14-15,31-32H,3-4,9,11H2,(H,26,29)(H,28,33)/t15-/m1/s1. The molecule has 0 spiro atoms. The highest BCUT2D eigenvalue weighted by molar-refractivity contribution is 6.34. The number of amides is 1. The molecule has 0 saturated heterocycles. The summed E-state index contributed by atoms with van der Waals surface area (Å²) in [7, 11) is 0. The van der Waals surface area contributed by atoms with Gasteiger partial charge >= 0.3 is 0 Å². The highest BCUT2D eigenvalue weighted by Gasteiger charge is 2.25. The molecule has 5 rings (SSSR count). The molecule has 4 aromatic rings. The predicted octanol–water partition coefficient (Wildman–Crippen LogP) is 3.00. The monoisotopic (exact) mass is 469 g/mol. The normalized spacial score (nSPS) is 14.5. The Kier molecular flexibility index (Phi) is 5.61. The molecule has 0 radical (unpaired) electrons. The van der Waals surface area contributed by atoms with E-state index in [2.05, 4.69) is 20.6 Å². The lowest BCUT2D eigenvalue weighted by atomic mass is 10.1. The number of imidazole rings is 1. The number of fused-ring (bicyclic) bond motifs is 3. The Morgan fingerprint density at radius 2 is 2.09 bits per heavy atom. The average Bonchev–Trinajstić information content (AvgIpc) is 3.50. The van der Waals surface area contributed by atoms with Crippen LogP contribution in [-0.2, 0) is 0 Å². The van der Waals surface area contributed by atoms with E-state index in [-0.39, 0.29) is 18.5 Å². The molecular formula is C23H21ClFN5O3. The first-order chi connectivity index (χ1) is 15.9. The second kappa shape index (κ2) is 8.58. The van der Waals surface area contributed by atoms with Crippen molar-refractivity contribution in [2.75, 3.05) is 18.5 Å². The quantitative estimate of drug-likeness (QED) is 0.331. The second-order valence-electron chi connectivity index (χ2n) is 8.06. The van der Waals surface area contributed by atoms with Gasteiger partial charge in [-0.2, -0.15) is 0 Å². The van der Waals surface area contributed by atoms with Crippen molar-refractivity contribution < 1.29 is 19.4 Å². The lowest BCUT2D eigenvalue weighted by Gasteiger charge is -2.13. The van der Waals surface area contributed by atoms with Crippen molar-refractivity contribution in [3.8, 4) is 11.3 Å². The van der Waals surface area contributed by atoms with Crippen LogP contribution in [0.2, 0.25) is 5.02 Å². The molecule has 1 aliphatic rings. The second-order valence-corrected chi connectivity index (χ2v) is 8.46. The van der Waals surface area contributed by atoms with Gasteiger partial charge in [-0.3, -0.25) is 9.20 Å². The molecular weight excluding hydrogens is 449 g/mol. The van der Waals surface area contributed by atoms with Gasteiger partial charge in [0.1, 0.15) is 5.82 Å². The number of rotatable bonds is 7. The Balaban J connectivity index is 1.62. The van der Waals surface area contributed by atoms with Crippen LogP contribution in [0.3, 0.4) is 0 Å². The number of aliphatic hydroxyl groups is 2. The molecule has 1 atom stereocenters. The van der Waals surface area contributed by atoms with Crippen LogP contribution in [-0.4, -0.2) is 55.8 Å². The summed E-state index contributed by atoms with van der Waals surface area (Å²) < 4.78 is 15.9. The number of anilines is 1. The highest BCUT2D eigenvalue weighted by atomic mass is 35.5. The molecule has 4 N–H and O–H groups in total. The topological polar surface area (TPSA) is 112 Å². The Labute approximate surface area is 193 Å². The largest absolute Gasteiger partial charge is 0.394 e. The smallest absolute Gasteiger partial charge is 0.253 e. The summed E-state index contributed by atoms with van der Waals surface area (Å²) in [5, 5.41) is 25.0. The van der Waals surface area contributed by atoms with Crippen molar-refractivity contribution in [3.63, 3.8) is 0 Å². The molecule has 0 aliphatic heterocycles. The first kappa shape index (κ1) is 21.6. The minimum atomic E-state index is -0.974. The number of hydrogen-bond donors (Lipinski definition) is 4. The Morgan fingerprint density at radius 3 is 2.82 bits per heavy atom. The molecule has 8 nitrogen and oxygen atoms in total. The number of aliphatic hydroxyl groups excluding tert-OH is 2. The minimum absolute atomic E-state index is 0.0602. The van der Waals surface area contributed by atoms with Gasteiger partial charge in [0.15, 0.2) is 11.5 Å². The summed E-state index contributed by atoms with van der Waals surface area (Å²) in [5.74, 6) is -0.260. The first-order valence-electron chi connectivity index (χ1n) is 10.5. The van der Waals surface area contributed by atoms with Gasteiger partial charge in [0.05, 0.1) is 46.2 Å². The van der Waals surface area contributed by atoms with E-state index in [1.165, 1.54) is 12.1 Å². The Morgan fingerprint density at radius 1 is 1.27 bits per heavy atom. The summed E-state index contributed by atoms with van der Waals surface area (Å²) in [6.07, 6.45) is 2.60. The summed E-state index contributed by atoms with van der Waals surface area (Å²) in [6.45, 7) is -0.342. The van der Waals surface area contributed by atoms with E-state index in [1.54, 1.807) is 34.9 Å². The molecule has 2 heterocycles. The molecule has 1 aliphatic carbocycles. The zero-order valence-electron chi connectivity index (χ0n) is 17.4. The van der Waals surface area contributed by atoms with Crippen molar-refractivity contribution in [1.82, 2.24) is 19.7 Å². The van der Waals surface area contributed by atoms with Gasteiger partial charge in [-0.1, -0.05) is 17.7 Å². The molecule has 1 saturated carbocycles. The lowest BCUT2D eigenvalue weighted by molar-refractivity contribution is 0.0951. The van der Waals surface area contributed by atoms with Gasteiger partial charge < -0.3 is 20.8 Å². The summed E-state index contributed by atoms with van der Waals surface area (Å²) in [6, 6.07) is 9.57. The zero-order valence-corrected chi connectivity index (χ0v) is 18.2. The van der Waals surface area contributed by atoms with Crippen molar-refractivity contribution in [2.45, 2.75) is 25.0 Å². The number of benzene rings is 2. The van der Waals surface area contributed by atoms with Crippen LogP contribution in [0.1, 0.15) is 23.2 Å². The molecule has 2 aromatic carbocycles. The van der Waals surface area contributed by atoms with Crippen LogP contribution in [0.15, 0.2) is 42.6 Å². The van der Waals surface area contributed by atoms with Crippen LogP contribution in [0, 0.1) is 5.82 Å². The molecule has 10 heteroatoms. The van der Waals surface area contributed by atoms with E-state index in [1.807, 2.05) is 0 Å². The van der Waals surface area contributed by atoms with E-state index in [9.17, 15) is 14.3 Å². The van der Waals surface area contributed by atoms with Gasteiger partial charge in [0.25, 0.3) is 5.91 Å². The number of aromatic nitrogens is 3. The van der Waals surface area contributed by atoms with E-state index < -0.39 is 18.5 Å². The third-order valence-electron chi connectivity index (χ3n) is 5.52. The van der Waals surface area contributed by atoms with Crippen LogP contribution in [0.4, 0.5) is 10.2 Å². The average molecular weight is 470 g/mol. The number of nitrogens with zero attached hydrogens (tertiary/aromatic N) is 3. The number of hydrogen-bond acceptors (Lipinski definition) is 6. The number of carbonyl (C=O) groups excluding carboxylic acids is 1. The first-order valence-corrected chi connectivity index (χ1v) is 10.9. The Hall–Kier alpha value is -3.27. The summed E-state index contributed by atoms with van der Waals surface area (Å²) in [5.41, 5.74) is 3.13. The molecule has 170 valence electrons. The predicted molar refractivity (Wildman–Crippen MR) is 123 cm³/mol. The van der Waals surface area contributed by atoms with Crippen LogP contribution < -0.4 is 10.6 Å². The minimum Gasteiger partial charge on any atom is -0.394 e. The van der Waals surface area contributed by atoms with Gasteiger partial charge in [-0.25, -0.2) is 14.4 Å². The maximum Gasteiger partial charge on any atom is 0.253 e. The fraction of sp³-hybridized carbons (Fsp3) is 0.261. The van der Waals surface area contributed by atoms with Crippen LogP contribution in [0.25, 0.3) is 27.9 Å². The van der Waals surface area contributed by atoms with Gasteiger partial charge in [-0.05, 0) is 37.1 Å². The summed E-state index contributed by atoms with van der Waals surface area (Å²) >= 11 is 6.44. The van der Waals surface area contributed by atoms with Gasteiger partial charge in [0, 0.05) is 24.2 Å². The SMILES string of the molecule is O=C(NC1CC1)c1ccc(-c2cnc3c(NC[C@@H](O)CO)nc4ccc(F)cc4n23)cc1Cl. The highest BCUT2D eigenvalue weighted by Crippen LogP contribution is 2.31. The van der Waals surface area contributed by atoms with E-state index >= 15 is 0 Å². The third-order valence-corrected chi connectivity index (χ3v) is 5.83. The molecule has 1 amide bonds. The fourth-order valence-corrected chi connectivity index (χ4v) is 3.92. The number of halogens is 2. The van der Waals surface area contributed by atoms with E-state index in [0.29, 0.717) is 44.3 Å². The molecule has 0 unspecified atom stereocenters. The maximum atomic E-state index is 14.1. The van der Waals surface area contributed by atoms with E-state index in [0.717, 1.165) is 12.8 Å². The molecule has 0 bridgehead atoms. The zero-order chi connectivity index (χ0) is 23.1. The fourth-order valence-electron chi connectivity index (χ4n) is 3.65. The van der Waals surface area contributed by atoms with Gasteiger partial charge in [0.2, 0.25) is 0 Å². The van der Waals surface area contributed by atoms with Crippen molar-refractivity contribution in [3.05, 3.63) is 59.0 Å². The number of carbonyl (C=O) groups is 1. The maximum absolute atomic E-state index is 14.1. The van der Waals surface area contributed by atoms with Crippen molar-refractivity contribution in [1.29, 1.82) is 0 Å². The third kappa shape index (κ3) is 4.22. The molecule has 2 aromatic heterocycles.